The molecule has 4 nitrogen and oxygen atoms in total. The molecule has 0 aliphatic heterocycles. The van der Waals surface area contributed by atoms with Gasteiger partial charge < -0.3 is 0 Å². The predicted octanol–water partition coefficient (Wildman–Crippen LogP) is 15.9. The Hall–Kier alpha value is -7.82. The van der Waals surface area contributed by atoms with E-state index < -0.39 is 0 Å². The second-order valence-corrected chi connectivity index (χ2v) is 17.7. The van der Waals surface area contributed by atoms with Crippen molar-refractivity contribution in [1.29, 1.82) is 0 Å². The first-order valence-electron chi connectivity index (χ1n) is 23.4. The van der Waals surface area contributed by atoms with E-state index in [0.29, 0.717) is 0 Å². The lowest BCUT2D eigenvalue weighted by atomic mass is 9.63. The Balaban J connectivity index is 0.935. The summed E-state index contributed by atoms with van der Waals surface area (Å²) in [7, 11) is 0. The third-order valence-electron chi connectivity index (χ3n) is 13.6. The van der Waals surface area contributed by atoms with Gasteiger partial charge >= 0.3 is 0 Å². The first-order valence-corrected chi connectivity index (χ1v) is 23.4. The molecule has 0 atom stereocenters. The molecule has 0 amide bonds. The summed E-state index contributed by atoms with van der Waals surface area (Å²) in [6.45, 7) is 0. The smallest absolute Gasteiger partial charge is 0.160 e. The van der Waals surface area contributed by atoms with Gasteiger partial charge in [-0.05, 0) is 83.3 Å². The zero-order valence-electron chi connectivity index (χ0n) is 37.0. The van der Waals surface area contributed by atoms with Gasteiger partial charge in [0.05, 0.1) is 22.8 Å². The van der Waals surface area contributed by atoms with Crippen LogP contribution in [0.4, 0.5) is 0 Å². The van der Waals surface area contributed by atoms with Gasteiger partial charge in [0.15, 0.2) is 11.6 Å². The molecule has 0 radical (unpaired) electrons. The van der Waals surface area contributed by atoms with E-state index in [1.807, 2.05) is 6.07 Å². The van der Waals surface area contributed by atoms with E-state index in [9.17, 15) is 0 Å². The number of rotatable bonds is 10. The van der Waals surface area contributed by atoms with Crippen LogP contribution in [-0.2, 0) is 5.41 Å². The first kappa shape index (κ1) is 40.9. The Morgan fingerprint density at radius 3 is 1.20 bits per heavy atom. The zero-order valence-corrected chi connectivity index (χ0v) is 37.0. The van der Waals surface area contributed by atoms with Crippen molar-refractivity contribution in [2.45, 2.75) is 50.4 Å². The quantitative estimate of drug-likeness (QED) is 0.138. The summed E-state index contributed by atoms with van der Waals surface area (Å²) in [5, 5.41) is 0. The van der Waals surface area contributed by atoms with Crippen molar-refractivity contribution in [3.8, 4) is 78.7 Å². The highest BCUT2D eigenvalue weighted by molar-refractivity contribution is 5.78. The van der Waals surface area contributed by atoms with Crippen molar-refractivity contribution >= 4 is 5.57 Å². The number of hydrogen-bond acceptors (Lipinski definition) is 4. The van der Waals surface area contributed by atoms with Crippen LogP contribution in [0.1, 0.15) is 56.3 Å². The molecular formula is C62H50N4. The molecule has 7 aromatic carbocycles. The molecule has 2 aliphatic carbocycles. The van der Waals surface area contributed by atoms with Crippen LogP contribution in [0.25, 0.3) is 84.2 Å². The maximum atomic E-state index is 5.29. The molecule has 2 heterocycles. The predicted molar refractivity (Wildman–Crippen MR) is 272 cm³/mol. The lowest BCUT2D eigenvalue weighted by Crippen LogP contribution is -2.32. The van der Waals surface area contributed by atoms with Crippen LogP contribution in [0.5, 0.6) is 0 Å². The highest BCUT2D eigenvalue weighted by Gasteiger charge is 2.38. The fraction of sp³-hybridized carbons (Fsp3) is 0.129. The first-order chi connectivity index (χ1) is 32.6. The lowest BCUT2D eigenvalue weighted by Gasteiger charge is -2.41. The van der Waals surface area contributed by atoms with Crippen LogP contribution in [0, 0.1) is 0 Å². The van der Waals surface area contributed by atoms with Crippen molar-refractivity contribution in [2.75, 3.05) is 0 Å². The van der Waals surface area contributed by atoms with Crippen molar-refractivity contribution < 1.29 is 0 Å². The number of allylic oxidation sites excluding steroid dienone is 4. The van der Waals surface area contributed by atoms with E-state index in [4.69, 9.17) is 19.9 Å². The average Bonchev–Trinajstić information content (AvgIpc) is 3.42. The minimum absolute atomic E-state index is 0.0234. The highest BCUT2D eigenvalue weighted by Crippen LogP contribution is 2.49. The van der Waals surface area contributed by atoms with E-state index in [1.54, 1.807) is 0 Å². The SMILES string of the molecule is C1=C(c2nc(-c3ccccc3)cc(-c3cccc(-c4ccccc4)c3)n2)CCC(C2(c3ccc(-c4nc(-c5ccccc5)cc(-c5cccc(-c6ccccc6)c5)n4)cc3)CCCCC2)=C1. The summed E-state index contributed by atoms with van der Waals surface area (Å²) in [5.74, 6) is 1.53. The van der Waals surface area contributed by atoms with Crippen molar-refractivity contribution in [3.63, 3.8) is 0 Å². The summed E-state index contributed by atoms with van der Waals surface area (Å²) >= 11 is 0. The van der Waals surface area contributed by atoms with E-state index >= 15 is 0 Å². The molecule has 1 fully saturated rings. The number of aromatic nitrogens is 4. The normalized spacial score (nSPS) is 14.5. The minimum atomic E-state index is -0.0234. The number of hydrogen-bond donors (Lipinski definition) is 0. The van der Waals surface area contributed by atoms with Gasteiger partial charge in [0, 0.05) is 33.2 Å². The Bertz CT molecular complexity index is 3190. The van der Waals surface area contributed by atoms with E-state index in [2.05, 4.69) is 212 Å². The summed E-state index contributed by atoms with van der Waals surface area (Å²) in [6.07, 6.45) is 12.6. The Kier molecular flexibility index (Phi) is 11.4. The molecule has 0 bridgehead atoms. The van der Waals surface area contributed by atoms with Crippen molar-refractivity contribution in [1.82, 2.24) is 19.9 Å². The van der Waals surface area contributed by atoms with Gasteiger partial charge in [-0.2, -0.15) is 0 Å². The molecule has 0 N–H and O–H groups in total. The second kappa shape index (κ2) is 18.3. The van der Waals surface area contributed by atoms with Gasteiger partial charge in [-0.3, -0.25) is 0 Å². The highest BCUT2D eigenvalue weighted by atomic mass is 14.9. The van der Waals surface area contributed by atoms with Crippen LogP contribution in [0.3, 0.4) is 0 Å². The topological polar surface area (TPSA) is 51.6 Å². The summed E-state index contributed by atoms with van der Waals surface area (Å²) < 4.78 is 0. The van der Waals surface area contributed by atoms with E-state index in [0.717, 1.165) is 87.9 Å². The lowest BCUT2D eigenvalue weighted by molar-refractivity contribution is 0.332. The molecule has 2 aliphatic rings. The third-order valence-corrected chi connectivity index (χ3v) is 13.6. The summed E-state index contributed by atoms with van der Waals surface area (Å²) in [6, 6.07) is 72.9. The Labute approximate surface area is 388 Å². The Morgan fingerprint density at radius 1 is 0.303 bits per heavy atom. The fourth-order valence-corrected chi connectivity index (χ4v) is 10.1. The van der Waals surface area contributed by atoms with Gasteiger partial charge in [0.2, 0.25) is 0 Å². The van der Waals surface area contributed by atoms with Crippen LogP contribution >= 0.6 is 0 Å². The van der Waals surface area contributed by atoms with Crippen molar-refractivity contribution in [2.24, 2.45) is 0 Å². The second-order valence-electron chi connectivity index (χ2n) is 17.7. The van der Waals surface area contributed by atoms with E-state index in [-0.39, 0.29) is 5.41 Å². The van der Waals surface area contributed by atoms with Gasteiger partial charge in [-0.1, -0.05) is 219 Å². The molecule has 2 aromatic heterocycles. The van der Waals surface area contributed by atoms with Gasteiger partial charge in [-0.25, -0.2) is 19.9 Å². The fourth-order valence-electron chi connectivity index (χ4n) is 10.1. The molecule has 11 rings (SSSR count). The molecule has 318 valence electrons. The molecule has 66 heavy (non-hydrogen) atoms. The maximum absolute atomic E-state index is 5.29. The molecule has 1 saturated carbocycles. The van der Waals surface area contributed by atoms with Crippen LogP contribution in [-0.4, -0.2) is 19.9 Å². The number of nitrogens with zero attached hydrogens (tertiary/aromatic N) is 4. The Morgan fingerprint density at radius 2 is 0.727 bits per heavy atom. The molecule has 0 saturated heterocycles. The molecule has 0 spiro atoms. The minimum Gasteiger partial charge on any atom is -0.228 e. The van der Waals surface area contributed by atoms with Crippen LogP contribution < -0.4 is 0 Å². The largest absolute Gasteiger partial charge is 0.228 e. The summed E-state index contributed by atoms with van der Waals surface area (Å²) in [4.78, 5) is 21.0. The third kappa shape index (κ3) is 8.46. The molecule has 9 aromatic rings. The zero-order chi connectivity index (χ0) is 44.1. The van der Waals surface area contributed by atoms with E-state index in [1.165, 1.54) is 58.2 Å². The van der Waals surface area contributed by atoms with Gasteiger partial charge in [0.1, 0.15) is 0 Å². The standard InChI is InChI=1S/C62H50N4/c1-6-18-44(19-7-1)50-26-16-28-52(40-50)58-42-56(46-22-10-3-11-23-46)63-60(65-58)48-30-34-54(35-31-48)62(38-14-5-15-39-62)55-36-32-49(33-37-55)61-64-57(47-24-12-4-13-25-47)43-59(66-61)53-29-17-27-51(41-53)45-20-8-2-9-21-45/h1-4,6-13,16-32,34-36,40-43H,5,14-15,33,37-39H2. The molecule has 0 unspecified atom stereocenters. The maximum Gasteiger partial charge on any atom is 0.160 e. The molecule has 4 heteroatoms. The van der Waals surface area contributed by atoms with Crippen molar-refractivity contribution in [3.05, 3.63) is 235 Å². The number of benzene rings is 7. The van der Waals surface area contributed by atoms with Gasteiger partial charge in [-0.15, -0.1) is 0 Å². The summed E-state index contributed by atoms with van der Waals surface area (Å²) in [5.41, 5.74) is 17.8. The van der Waals surface area contributed by atoms with Gasteiger partial charge in [0.25, 0.3) is 0 Å². The average molecular weight is 851 g/mol. The monoisotopic (exact) mass is 850 g/mol. The molecular weight excluding hydrogens is 801 g/mol. The van der Waals surface area contributed by atoms with Crippen LogP contribution in [0.15, 0.2) is 224 Å². The van der Waals surface area contributed by atoms with Crippen LogP contribution in [0.2, 0.25) is 0 Å².